The standard InChI is InChI=1S/C15H24N2O/c1-2-14-4-6-15(7-5-14)17-11-9-16(10-12-17)8-3-13-18/h4-7,18H,2-3,8-13H2,1H3. The highest BCUT2D eigenvalue weighted by atomic mass is 16.3. The summed E-state index contributed by atoms with van der Waals surface area (Å²) in [7, 11) is 0. The van der Waals surface area contributed by atoms with Crippen LogP contribution in [-0.4, -0.2) is 49.3 Å². The summed E-state index contributed by atoms with van der Waals surface area (Å²) >= 11 is 0. The van der Waals surface area contributed by atoms with Gasteiger partial charge in [-0.15, -0.1) is 0 Å². The van der Waals surface area contributed by atoms with Gasteiger partial charge in [-0.2, -0.15) is 0 Å². The Hall–Kier alpha value is -1.06. The molecule has 100 valence electrons. The lowest BCUT2D eigenvalue weighted by Crippen LogP contribution is -2.46. The maximum atomic E-state index is 8.84. The van der Waals surface area contributed by atoms with Crippen LogP contribution in [0, 0.1) is 0 Å². The van der Waals surface area contributed by atoms with Gasteiger partial charge in [-0.1, -0.05) is 19.1 Å². The number of aliphatic hydroxyl groups excluding tert-OH is 1. The van der Waals surface area contributed by atoms with Crippen LogP contribution in [0.25, 0.3) is 0 Å². The van der Waals surface area contributed by atoms with Crippen LogP contribution in [0.3, 0.4) is 0 Å². The molecule has 0 spiro atoms. The Morgan fingerprint density at radius 1 is 1.06 bits per heavy atom. The summed E-state index contributed by atoms with van der Waals surface area (Å²) in [6, 6.07) is 8.94. The average molecular weight is 248 g/mol. The van der Waals surface area contributed by atoms with Crippen LogP contribution in [0.2, 0.25) is 0 Å². The minimum atomic E-state index is 0.304. The molecule has 1 aromatic carbocycles. The molecule has 3 nitrogen and oxygen atoms in total. The predicted octanol–water partition coefficient (Wildman–Crippen LogP) is 1.75. The Morgan fingerprint density at radius 2 is 1.72 bits per heavy atom. The summed E-state index contributed by atoms with van der Waals surface area (Å²) in [5.74, 6) is 0. The van der Waals surface area contributed by atoms with Crippen LogP contribution in [0.1, 0.15) is 18.9 Å². The molecule has 0 unspecified atom stereocenters. The van der Waals surface area contributed by atoms with Gasteiger partial charge < -0.3 is 10.0 Å². The van der Waals surface area contributed by atoms with E-state index in [4.69, 9.17) is 5.11 Å². The average Bonchev–Trinajstić information content (AvgIpc) is 2.46. The van der Waals surface area contributed by atoms with Crippen LogP contribution in [0.5, 0.6) is 0 Å². The molecule has 0 radical (unpaired) electrons. The van der Waals surface area contributed by atoms with Gasteiger partial charge in [0.1, 0.15) is 0 Å². The van der Waals surface area contributed by atoms with E-state index >= 15 is 0 Å². The molecule has 1 aliphatic heterocycles. The van der Waals surface area contributed by atoms with Crippen LogP contribution < -0.4 is 4.90 Å². The van der Waals surface area contributed by atoms with E-state index in [0.29, 0.717) is 6.61 Å². The Kier molecular flexibility index (Phi) is 5.02. The lowest BCUT2D eigenvalue weighted by molar-refractivity contribution is 0.216. The van der Waals surface area contributed by atoms with Crippen molar-refractivity contribution in [2.45, 2.75) is 19.8 Å². The molecule has 0 bridgehead atoms. The zero-order chi connectivity index (χ0) is 12.8. The van der Waals surface area contributed by atoms with Crippen molar-refractivity contribution in [1.82, 2.24) is 4.90 Å². The second kappa shape index (κ2) is 6.76. The van der Waals surface area contributed by atoms with Crippen LogP contribution in [0.4, 0.5) is 5.69 Å². The van der Waals surface area contributed by atoms with Crippen molar-refractivity contribution in [3.8, 4) is 0 Å². The maximum absolute atomic E-state index is 8.84. The van der Waals surface area contributed by atoms with Crippen molar-refractivity contribution in [3.05, 3.63) is 29.8 Å². The first-order valence-corrected chi connectivity index (χ1v) is 7.00. The number of aliphatic hydroxyl groups is 1. The number of hydrogen-bond acceptors (Lipinski definition) is 3. The fraction of sp³-hybridized carbons (Fsp3) is 0.600. The van der Waals surface area contributed by atoms with E-state index in [0.717, 1.165) is 45.6 Å². The zero-order valence-electron chi connectivity index (χ0n) is 11.3. The van der Waals surface area contributed by atoms with E-state index in [-0.39, 0.29) is 0 Å². The molecule has 1 saturated heterocycles. The first kappa shape index (κ1) is 13.4. The Morgan fingerprint density at radius 3 is 2.28 bits per heavy atom. The van der Waals surface area contributed by atoms with Crippen LogP contribution in [0.15, 0.2) is 24.3 Å². The minimum absolute atomic E-state index is 0.304. The van der Waals surface area contributed by atoms with Gasteiger partial charge in [0.2, 0.25) is 0 Å². The van der Waals surface area contributed by atoms with Crippen LogP contribution >= 0.6 is 0 Å². The van der Waals surface area contributed by atoms with Gasteiger partial charge in [-0.05, 0) is 30.5 Å². The second-order valence-electron chi connectivity index (χ2n) is 4.93. The third kappa shape index (κ3) is 3.47. The highest BCUT2D eigenvalue weighted by Crippen LogP contribution is 2.17. The summed E-state index contributed by atoms with van der Waals surface area (Å²) in [5.41, 5.74) is 2.74. The third-order valence-electron chi connectivity index (χ3n) is 3.71. The molecule has 18 heavy (non-hydrogen) atoms. The molecular formula is C15H24N2O. The molecule has 1 aliphatic rings. The van der Waals surface area contributed by atoms with Gasteiger partial charge in [0.05, 0.1) is 0 Å². The SMILES string of the molecule is CCc1ccc(N2CCN(CCCO)CC2)cc1. The highest BCUT2D eigenvalue weighted by Gasteiger charge is 2.16. The number of benzene rings is 1. The number of nitrogens with zero attached hydrogens (tertiary/aromatic N) is 2. The normalized spacial score (nSPS) is 17.1. The lowest BCUT2D eigenvalue weighted by Gasteiger charge is -2.36. The summed E-state index contributed by atoms with van der Waals surface area (Å²) in [6.45, 7) is 7.92. The van der Waals surface area contributed by atoms with Crippen molar-refractivity contribution in [3.63, 3.8) is 0 Å². The number of anilines is 1. The molecular weight excluding hydrogens is 224 g/mol. The van der Waals surface area contributed by atoms with Gasteiger partial charge in [0.15, 0.2) is 0 Å². The molecule has 0 aliphatic carbocycles. The summed E-state index contributed by atoms with van der Waals surface area (Å²) in [5, 5.41) is 8.84. The maximum Gasteiger partial charge on any atom is 0.0443 e. The quantitative estimate of drug-likeness (QED) is 0.860. The highest BCUT2D eigenvalue weighted by molar-refractivity contribution is 5.48. The zero-order valence-corrected chi connectivity index (χ0v) is 11.3. The monoisotopic (exact) mass is 248 g/mol. The van der Waals surface area contributed by atoms with E-state index in [9.17, 15) is 0 Å². The van der Waals surface area contributed by atoms with E-state index in [1.165, 1.54) is 11.3 Å². The summed E-state index contributed by atoms with van der Waals surface area (Å²) < 4.78 is 0. The van der Waals surface area contributed by atoms with E-state index < -0.39 is 0 Å². The van der Waals surface area contributed by atoms with E-state index in [1.54, 1.807) is 0 Å². The molecule has 1 fully saturated rings. The second-order valence-corrected chi connectivity index (χ2v) is 4.93. The summed E-state index contributed by atoms with van der Waals surface area (Å²) in [4.78, 5) is 4.89. The van der Waals surface area contributed by atoms with Crippen molar-refractivity contribution in [2.24, 2.45) is 0 Å². The van der Waals surface area contributed by atoms with Gasteiger partial charge in [-0.3, -0.25) is 4.90 Å². The van der Waals surface area contributed by atoms with Gasteiger partial charge in [0, 0.05) is 45.0 Å². The smallest absolute Gasteiger partial charge is 0.0443 e. The third-order valence-corrected chi connectivity index (χ3v) is 3.71. The van der Waals surface area contributed by atoms with Crippen molar-refractivity contribution in [1.29, 1.82) is 0 Å². The van der Waals surface area contributed by atoms with E-state index in [2.05, 4.69) is 41.0 Å². The minimum Gasteiger partial charge on any atom is -0.396 e. The fourth-order valence-electron chi connectivity index (χ4n) is 2.47. The van der Waals surface area contributed by atoms with E-state index in [1.807, 2.05) is 0 Å². The lowest BCUT2D eigenvalue weighted by atomic mass is 10.1. The Balaban J connectivity index is 1.84. The van der Waals surface area contributed by atoms with Gasteiger partial charge in [-0.25, -0.2) is 0 Å². The molecule has 0 saturated carbocycles. The van der Waals surface area contributed by atoms with Gasteiger partial charge >= 0.3 is 0 Å². The predicted molar refractivity (Wildman–Crippen MR) is 76.2 cm³/mol. The first-order chi connectivity index (χ1) is 8.83. The topological polar surface area (TPSA) is 26.7 Å². The molecule has 1 heterocycles. The molecule has 0 atom stereocenters. The molecule has 0 amide bonds. The number of piperazine rings is 1. The molecule has 0 aromatic heterocycles. The van der Waals surface area contributed by atoms with Crippen molar-refractivity contribution in [2.75, 3.05) is 44.2 Å². The fourth-order valence-corrected chi connectivity index (χ4v) is 2.47. The molecule has 1 aromatic rings. The molecule has 2 rings (SSSR count). The number of hydrogen-bond donors (Lipinski definition) is 1. The number of rotatable bonds is 5. The summed E-state index contributed by atoms with van der Waals surface area (Å²) in [6.07, 6.45) is 2.00. The Bertz CT molecular complexity index is 342. The van der Waals surface area contributed by atoms with Crippen molar-refractivity contribution >= 4 is 5.69 Å². The largest absolute Gasteiger partial charge is 0.396 e. The number of aryl methyl sites for hydroxylation is 1. The van der Waals surface area contributed by atoms with Crippen molar-refractivity contribution < 1.29 is 5.11 Å². The van der Waals surface area contributed by atoms with Crippen LogP contribution in [-0.2, 0) is 6.42 Å². The van der Waals surface area contributed by atoms with Gasteiger partial charge in [0.25, 0.3) is 0 Å². The Labute approximate surface area is 110 Å². The molecule has 1 N–H and O–H groups in total. The molecule has 3 heteroatoms. The first-order valence-electron chi connectivity index (χ1n) is 7.00.